The molecule has 3 heterocycles. The number of aryl methyl sites for hydroxylation is 2. The summed E-state index contributed by atoms with van der Waals surface area (Å²) in [6, 6.07) is 10.3. The number of hydrogen-bond donors (Lipinski definition) is 2. The number of carbonyl (C=O) groups is 1. The van der Waals surface area contributed by atoms with Crippen LogP contribution in [0.25, 0.3) is 5.65 Å². The van der Waals surface area contributed by atoms with Gasteiger partial charge in [-0.3, -0.25) is 14.5 Å². The summed E-state index contributed by atoms with van der Waals surface area (Å²) in [5.74, 6) is 0.442. The van der Waals surface area contributed by atoms with Crippen LogP contribution in [0.5, 0.6) is 0 Å². The molecule has 0 saturated carbocycles. The van der Waals surface area contributed by atoms with Crippen LogP contribution in [0.4, 0.5) is 15.6 Å². The van der Waals surface area contributed by atoms with E-state index in [0.717, 1.165) is 11.1 Å². The number of halogens is 1. The number of benzene rings is 1. The van der Waals surface area contributed by atoms with E-state index in [2.05, 4.69) is 25.8 Å². The molecule has 2 amide bonds. The third-order valence-electron chi connectivity index (χ3n) is 4.13. The number of urea groups is 1. The maximum Gasteiger partial charge on any atom is 0.325 e. The Bertz CT molecular complexity index is 1320. The molecule has 4 rings (SSSR count). The second-order valence-electron chi connectivity index (χ2n) is 6.78. The number of rotatable bonds is 5. The Balaban J connectivity index is 1.38. The number of thioether (sulfide) groups is 1. The second kappa shape index (κ2) is 9.04. The first-order chi connectivity index (χ1) is 14.9. The third-order valence-corrected chi connectivity index (χ3v) is 6.36. The SMILES string of the molecule is Cc1cc(C)cc(NC(=O)Nc2nnc(SCc3cc(=O)n4cc(Cl)ccc4n3)s2)c1. The maximum absolute atomic E-state index is 12.3. The number of anilines is 2. The minimum Gasteiger partial charge on any atom is -0.308 e. The number of nitrogens with zero attached hydrogens (tertiary/aromatic N) is 4. The van der Waals surface area contributed by atoms with Crippen molar-refractivity contribution in [1.29, 1.82) is 0 Å². The molecule has 1 aromatic carbocycles. The van der Waals surface area contributed by atoms with Crippen molar-refractivity contribution in [3.05, 3.63) is 74.8 Å². The highest BCUT2D eigenvalue weighted by Gasteiger charge is 2.11. The highest BCUT2D eigenvalue weighted by molar-refractivity contribution is 8.00. The number of aromatic nitrogens is 4. The van der Waals surface area contributed by atoms with Crippen LogP contribution in [0.1, 0.15) is 16.8 Å². The van der Waals surface area contributed by atoms with Gasteiger partial charge in [-0.05, 0) is 49.2 Å². The first kappa shape index (κ1) is 21.3. The molecule has 8 nitrogen and oxygen atoms in total. The van der Waals surface area contributed by atoms with Crippen molar-refractivity contribution in [3.63, 3.8) is 0 Å². The van der Waals surface area contributed by atoms with E-state index in [0.29, 0.717) is 37.3 Å². The van der Waals surface area contributed by atoms with Crippen LogP contribution in [0.2, 0.25) is 5.02 Å². The molecule has 0 aliphatic carbocycles. The van der Waals surface area contributed by atoms with Gasteiger partial charge in [0.1, 0.15) is 5.65 Å². The molecule has 0 spiro atoms. The number of amides is 2. The number of fused-ring (bicyclic) bond motifs is 1. The minimum absolute atomic E-state index is 0.203. The van der Waals surface area contributed by atoms with Gasteiger partial charge in [0.2, 0.25) is 5.13 Å². The molecule has 11 heteroatoms. The topological polar surface area (TPSA) is 101 Å². The second-order valence-corrected chi connectivity index (χ2v) is 9.41. The lowest BCUT2D eigenvalue weighted by atomic mass is 10.1. The first-order valence-electron chi connectivity index (χ1n) is 9.16. The lowest BCUT2D eigenvalue weighted by Crippen LogP contribution is -2.19. The Morgan fingerprint density at radius 2 is 1.90 bits per heavy atom. The van der Waals surface area contributed by atoms with E-state index >= 15 is 0 Å². The summed E-state index contributed by atoms with van der Waals surface area (Å²) in [4.78, 5) is 29.0. The summed E-state index contributed by atoms with van der Waals surface area (Å²) in [6.45, 7) is 3.94. The lowest BCUT2D eigenvalue weighted by Gasteiger charge is -2.07. The van der Waals surface area contributed by atoms with Crippen molar-refractivity contribution in [3.8, 4) is 0 Å². The Labute approximate surface area is 190 Å². The monoisotopic (exact) mass is 472 g/mol. The van der Waals surface area contributed by atoms with Gasteiger partial charge in [0.15, 0.2) is 4.34 Å². The van der Waals surface area contributed by atoms with Gasteiger partial charge in [-0.15, -0.1) is 10.2 Å². The van der Waals surface area contributed by atoms with Crippen LogP contribution in [0.3, 0.4) is 0 Å². The molecule has 158 valence electrons. The lowest BCUT2D eigenvalue weighted by molar-refractivity contribution is 0.262. The van der Waals surface area contributed by atoms with Crippen LogP contribution in [-0.2, 0) is 5.75 Å². The van der Waals surface area contributed by atoms with Gasteiger partial charge in [0.25, 0.3) is 5.56 Å². The van der Waals surface area contributed by atoms with E-state index in [-0.39, 0.29) is 11.6 Å². The normalized spacial score (nSPS) is 10.9. The minimum atomic E-state index is -0.388. The van der Waals surface area contributed by atoms with Gasteiger partial charge in [-0.25, -0.2) is 9.78 Å². The Morgan fingerprint density at radius 3 is 2.68 bits per heavy atom. The zero-order valence-corrected chi connectivity index (χ0v) is 18.9. The van der Waals surface area contributed by atoms with Crippen LogP contribution in [-0.4, -0.2) is 25.6 Å². The van der Waals surface area contributed by atoms with E-state index in [9.17, 15) is 9.59 Å². The fraction of sp³-hybridized carbons (Fsp3) is 0.150. The molecule has 0 saturated heterocycles. The van der Waals surface area contributed by atoms with Gasteiger partial charge in [-0.1, -0.05) is 40.8 Å². The highest BCUT2D eigenvalue weighted by Crippen LogP contribution is 2.28. The largest absolute Gasteiger partial charge is 0.325 e. The number of pyridine rings is 1. The first-order valence-corrected chi connectivity index (χ1v) is 11.3. The van der Waals surface area contributed by atoms with Crippen LogP contribution < -0.4 is 16.2 Å². The quantitative estimate of drug-likeness (QED) is 0.321. The molecule has 4 aromatic rings. The van der Waals surface area contributed by atoms with Crippen LogP contribution in [0, 0.1) is 13.8 Å². The summed E-state index contributed by atoms with van der Waals surface area (Å²) in [5, 5.41) is 14.4. The van der Waals surface area contributed by atoms with E-state index < -0.39 is 0 Å². The van der Waals surface area contributed by atoms with E-state index in [1.54, 1.807) is 12.1 Å². The van der Waals surface area contributed by atoms with Gasteiger partial charge >= 0.3 is 6.03 Å². The van der Waals surface area contributed by atoms with Gasteiger partial charge in [0.05, 0.1) is 10.7 Å². The summed E-state index contributed by atoms with van der Waals surface area (Å²) in [5.41, 5.74) is 3.78. The zero-order valence-electron chi connectivity index (χ0n) is 16.5. The van der Waals surface area contributed by atoms with Gasteiger partial charge in [-0.2, -0.15) is 0 Å². The van der Waals surface area contributed by atoms with Crippen LogP contribution >= 0.6 is 34.7 Å². The third kappa shape index (κ3) is 5.40. The molecule has 0 fully saturated rings. The molecular formula is C20H17ClN6O2S2. The standard InChI is InChI=1S/C20H17ClN6O2S2/c1-11-5-12(2)7-14(6-11)23-18(29)24-19-25-26-20(31-19)30-10-15-8-17(28)27-9-13(21)3-4-16(27)22-15/h3-9H,10H2,1-2H3,(H2,23,24,25,29). The highest BCUT2D eigenvalue weighted by atomic mass is 35.5. The van der Waals surface area contributed by atoms with Crippen molar-refractivity contribution in [2.24, 2.45) is 0 Å². The van der Waals surface area contributed by atoms with Gasteiger partial charge < -0.3 is 5.32 Å². The molecule has 0 atom stereocenters. The Kier molecular flexibility index (Phi) is 6.21. The molecule has 0 unspecified atom stereocenters. The predicted molar refractivity (Wildman–Crippen MR) is 124 cm³/mol. The summed E-state index contributed by atoms with van der Waals surface area (Å²) < 4.78 is 2.05. The molecule has 0 aliphatic heterocycles. The molecule has 0 aliphatic rings. The maximum atomic E-state index is 12.3. The summed E-state index contributed by atoms with van der Waals surface area (Å²) in [6.07, 6.45) is 1.54. The van der Waals surface area contributed by atoms with E-state index in [1.165, 1.54) is 39.8 Å². The Morgan fingerprint density at radius 1 is 1.13 bits per heavy atom. The van der Waals surface area contributed by atoms with Crippen molar-refractivity contribution in [1.82, 2.24) is 19.6 Å². The van der Waals surface area contributed by atoms with Crippen LogP contribution in [0.15, 0.2) is 51.7 Å². The van der Waals surface area contributed by atoms with Crippen molar-refractivity contribution in [2.75, 3.05) is 10.6 Å². The molecule has 0 bridgehead atoms. The smallest absolute Gasteiger partial charge is 0.308 e. The van der Waals surface area contributed by atoms with E-state index in [4.69, 9.17) is 11.6 Å². The van der Waals surface area contributed by atoms with Crippen molar-refractivity contribution >= 4 is 57.2 Å². The number of nitrogens with one attached hydrogen (secondary N) is 2. The number of carbonyl (C=O) groups excluding carboxylic acids is 1. The molecule has 3 aromatic heterocycles. The average molecular weight is 473 g/mol. The summed E-state index contributed by atoms with van der Waals surface area (Å²) in [7, 11) is 0. The fourth-order valence-corrected chi connectivity index (χ4v) is 4.76. The van der Waals surface area contributed by atoms with E-state index in [1.807, 2.05) is 32.0 Å². The number of hydrogen-bond acceptors (Lipinski definition) is 7. The summed E-state index contributed by atoms with van der Waals surface area (Å²) >= 11 is 8.56. The fourth-order valence-electron chi connectivity index (χ4n) is 2.96. The molecular weight excluding hydrogens is 456 g/mol. The van der Waals surface area contributed by atoms with Gasteiger partial charge in [0, 0.05) is 23.7 Å². The Hall–Kier alpha value is -2.95. The predicted octanol–water partition coefficient (Wildman–Crippen LogP) is 4.75. The van der Waals surface area contributed by atoms with Crippen molar-refractivity contribution < 1.29 is 4.79 Å². The zero-order chi connectivity index (χ0) is 22.0. The van der Waals surface area contributed by atoms with Crippen molar-refractivity contribution in [2.45, 2.75) is 23.9 Å². The molecule has 2 N–H and O–H groups in total. The molecule has 0 radical (unpaired) electrons. The average Bonchev–Trinajstić information content (AvgIpc) is 3.13. The molecule has 31 heavy (non-hydrogen) atoms.